The number of amides is 2. The highest BCUT2D eigenvalue weighted by Gasteiger charge is 2.27. The fourth-order valence-corrected chi connectivity index (χ4v) is 2.69. The predicted octanol–water partition coefficient (Wildman–Crippen LogP) is 2.73. The van der Waals surface area contributed by atoms with Crippen molar-refractivity contribution in [3.63, 3.8) is 0 Å². The summed E-state index contributed by atoms with van der Waals surface area (Å²) in [6.07, 6.45) is 3.52. The van der Waals surface area contributed by atoms with Crippen molar-refractivity contribution < 1.29 is 9.59 Å². The lowest BCUT2D eigenvalue weighted by molar-refractivity contribution is -0.118. The van der Waals surface area contributed by atoms with Crippen LogP contribution < -0.4 is 5.32 Å². The lowest BCUT2D eigenvalue weighted by atomic mass is 9.98. The Hall–Kier alpha value is -1.84. The largest absolute Gasteiger partial charge is 0.334 e. The SMILES string of the molecule is CC(=O)CC1CCCCN1C(=O)NCc1ccccc1. The Balaban J connectivity index is 1.90. The first-order valence-electron chi connectivity index (χ1n) is 7.24. The van der Waals surface area contributed by atoms with Crippen LogP contribution in [0.15, 0.2) is 30.3 Å². The van der Waals surface area contributed by atoms with Crippen LogP contribution >= 0.6 is 0 Å². The zero-order chi connectivity index (χ0) is 14.4. The third-order valence-corrected chi connectivity index (χ3v) is 3.70. The van der Waals surface area contributed by atoms with Crippen molar-refractivity contribution in [2.75, 3.05) is 6.54 Å². The van der Waals surface area contributed by atoms with Crippen molar-refractivity contribution in [3.8, 4) is 0 Å². The highest BCUT2D eigenvalue weighted by molar-refractivity contribution is 5.78. The van der Waals surface area contributed by atoms with E-state index in [-0.39, 0.29) is 17.9 Å². The van der Waals surface area contributed by atoms with Gasteiger partial charge < -0.3 is 10.2 Å². The van der Waals surface area contributed by atoms with Crippen molar-refractivity contribution in [2.45, 2.75) is 45.2 Å². The number of carbonyl (C=O) groups excluding carboxylic acids is 2. The van der Waals surface area contributed by atoms with E-state index in [1.807, 2.05) is 35.2 Å². The van der Waals surface area contributed by atoms with E-state index in [1.54, 1.807) is 6.92 Å². The van der Waals surface area contributed by atoms with Crippen molar-refractivity contribution in [1.29, 1.82) is 0 Å². The molecule has 20 heavy (non-hydrogen) atoms. The molecule has 1 heterocycles. The Morgan fingerprint density at radius 3 is 2.70 bits per heavy atom. The molecule has 0 aromatic heterocycles. The van der Waals surface area contributed by atoms with Gasteiger partial charge in [0.25, 0.3) is 0 Å². The van der Waals surface area contributed by atoms with Gasteiger partial charge in [-0.25, -0.2) is 4.79 Å². The average molecular weight is 274 g/mol. The monoisotopic (exact) mass is 274 g/mol. The molecule has 1 atom stereocenters. The highest BCUT2D eigenvalue weighted by atomic mass is 16.2. The minimum absolute atomic E-state index is 0.0557. The quantitative estimate of drug-likeness (QED) is 0.917. The number of piperidine rings is 1. The van der Waals surface area contributed by atoms with Gasteiger partial charge in [-0.15, -0.1) is 0 Å². The van der Waals surface area contributed by atoms with E-state index in [9.17, 15) is 9.59 Å². The number of nitrogens with zero attached hydrogens (tertiary/aromatic N) is 1. The molecule has 2 rings (SSSR count). The summed E-state index contributed by atoms with van der Waals surface area (Å²) >= 11 is 0. The number of Topliss-reactive ketones (excluding diaryl/α,β-unsaturated/α-hetero) is 1. The summed E-state index contributed by atoms with van der Waals surface area (Å²) in [7, 11) is 0. The number of urea groups is 1. The molecule has 0 radical (unpaired) electrons. The maximum Gasteiger partial charge on any atom is 0.317 e. The molecule has 1 fully saturated rings. The van der Waals surface area contributed by atoms with Crippen LogP contribution in [-0.4, -0.2) is 29.3 Å². The van der Waals surface area contributed by atoms with Gasteiger partial charge in [0.15, 0.2) is 0 Å². The zero-order valence-corrected chi connectivity index (χ0v) is 12.0. The molecule has 0 saturated carbocycles. The van der Waals surface area contributed by atoms with Crippen LogP contribution in [0.5, 0.6) is 0 Å². The lowest BCUT2D eigenvalue weighted by Gasteiger charge is -2.35. The van der Waals surface area contributed by atoms with Gasteiger partial charge in [0.2, 0.25) is 0 Å². The fraction of sp³-hybridized carbons (Fsp3) is 0.500. The van der Waals surface area contributed by atoms with Crippen LogP contribution in [0.1, 0.15) is 38.2 Å². The van der Waals surface area contributed by atoms with E-state index in [0.29, 0.717) is 13.0 Å². The van der Waals surface area contributed by atoms with E-state index >= 15 is 0 Å². The number of carbonyl (C=O) groups is 2. The maximum absolute atomic E-state index is 12.3. The first-order valence-corrected chi connectivity index (χ1v) is 7.24. The van der Waals surface area contributed by atoms with Gasteiger partial charge in [-0.2, -0.15) is 0 Å². The van der Waals surface area contributed by atoms with Crippen LogP contribution in [0.25, 0.3) is 0 Å². The molecule has 1 N–H and O–H groups in total. The Morgan fingerprint density at radius 1 is 1.25 bits per heavy atom. The Bertz CT molecular complexity index is 459. The topological polar surface area (TPSA) is 49.4 Å². The second-order valence-electron chi connectivity index (χ2n) is 5.39. The second kappa shape index (κ2) is 7.08. The van der Waals surface area contributed by atoms with Crippen LogP contribution in [0, 0.1) is 0 Å². The molecule has 1 unspecified atom stereocenters. The minimum atomic E-state index is -0.0557. The molecule has 1 aromatic carbocycles. The van der Waals surface area contributed by atoms with Crippen LogP contribution in [0.4, 0.5) is 4.79 Å². The van der Waals surface area contributed by atoms with E-state index in [1.165, 1.54) is 0 Å². The average Bonchev–Trinajstić information content (AvgIpc) is 2.46. The second-order valence-corrected chi connectivity index (χ2v) is 5.39. The molecule has 0 spiro atoms. The van der Waals surface area contributed by atoms with Gasteiger partial charge in [-0.05, 0) is 31.7 Å². The van der Waals surface area contributed by atoms with Crippen molar-refractivity contribution in [2.24, 2.45) is 0 Å². The molecule has 0 bridgehead atoms. The number of hydrogen-bond acceptors (Lipinski definition) is 2. The van der Waals surface area contributed by atoms with Gasteiger partial charge >= 0.3 is 6.03 Å². The summed E-state index contributed by atoms with van der Waals surface area (Å²) in [5, 5.41) is 2.95. The van der Waals surface area contributed by atoms with Gasteiger partial charge in [0, 0.05) is 25.6 Å². The van der Waals surface area contributed by atoms with E-state index in [0.717, 1.165) is 31.4 Å². The van der Waals surface area contributed by atoms with Crippen molar-refractivity contribution >= 4 is 11.8 Å². The molecular formula is C16H22N2O2. The molecule has 0 aliphatic carbocycles. The predicted molar refractivity (Wildman–Crippen MR) is 78.3 cm³/mol. The Labute approximate surface area is 120 Å². The zero-order valence-electron chi connectivity index (χ0n) is 12.0. The number of hydrogen-bond donors (Lipinski definition) is 1. The Kier molecular flexibility index (Phi) is 5.16. The molecule has 2 amide bonds. The van der Waals surface area contributed by atoms with Gasteiger partial charge in [0.1, 0.15) is 5.78 Å². The molecule has 1 saturated heterocycles. The number of ketones is 1. The van der Waals surface area contributed by atoms with Gasteiger partial charge in [0.05, 0.1) is 0 Å². The standard InChI is InChI=1S/C16H22N2O2/c1-13(19)11-15-9-5-6-10-18(15)16(20)17-12-14-7-3-2-4-8-14/h2-4,7-8,15H,5-6,9-12H2,1H3,(H,17,20). The van der Waals surface area contributed by atoms with E-state index in [2.05, 4.69) is 5.32 Å². The molecule has 1 aliphatic heterocycles. The number of rotatable bonds is 4. The van der Waals surface area contributed by atoms with Gasteiger partial charge in [-0.1, -0.05) is 30.3 Å². The molecule has 1 aromatic rings. The Morgan fingerprint density at radius 2 is 2.00 bits per heavy atom. The normalized spacial score (nSPS) is 18.6. The lowest BCUT2D eigenvalue weighted by Crippen LogP contribution is -2.49. The molecular weight excluding hydrogens is 252 g/mol. The summed E-state index contributed by atoms with van der Waals surface area (Å²) in [5.74, 6) is 0.151. The van der Waals surface area contributed by atoms with E-state index in [4.69, 9.17) is 0 Å². The first kappa shape index (κ1) is 14.6. The third kappa shape index (κ3) is 4.08. The summed E-state index contributed by atoms with van der Waals surface area (Å²) in [6.45, 7) is 2.87. The molecule has 108 valence electrons. The fourth-order valence-electron chi connectivity index (χ4n) is 2.69. The molecule has 4 heteroatoms. The van der Waals surface area contributed by atoms with Crippen LogP contribution in [0.3, 0.4) is 0 Å². The molecule has 4 nitrogen and oxygen atoms in total. The number of likely N-dealkylation sites (tertiary alicyclic amines) is 1. The summed E-state index contributed by atoms with van der Waals surface area (Å²) in [6, 6.07) is 9.87. The number of nitrogens with one attached hydrogen (secondary N) is 1. The summed E-state index contributed by atoms with van der Waals surface area (Å²) < 4.78 is 0. The summed E-state index contributed by atoms with van der Waals surface area (Å²) in [4.78, 5) is 25.4. The third-order valence-electron chi connectivity index (χ3n) is 3.70. The van der Waals surface area contributed by atoms with Crippen LogP contribution in [-0.2, 0) is 11.3 Å². The number of benzene rings is 1. The van der Waals surface area contributed by atoms with Crippen LogP contribution in [0.2, 0.25) is 0 Å². The maximum atomic E-state index is 12.3. The molecule has 1 aliphatic rings. The van der Waals surface area contributed by atoms with E-state index < -0.39 is 0 Å². The van der Waals surface area contributed by atoms with Gasteiger partial charge in [-0.3, -0.25) is 4.79 Å². The highest BCUT2D eigenvalue weighted by Crippen LogP contribution is 2.20. The van der Waals surface area contributed by atoms with Crippen molar-refractivity contribution in [1.82, 2.24) is 10.2 Å². The first-order chi connectivity index (χ1) is 9.66. The minimum Gasteiger partial charge on any atom is -0.334 e. The smallest absolute Gasteiger partial charge is 0.317 e. The summed E-state index contributed by atoms with van der Waals surface area (Å²) in [5.41, 5.74) is 1.08. The van der Waals surface area contributed by atoms with Crippen molar-refractivity contribution in [3.05, 3.63) is 35.9 Å².